The fourth-order valence-corrected chi connectivity index (χ4v) is 4.08. The average Bonchev–Trinajstić information content (AvgIpc) is 3.26. The number of aryl methyl sites for hydroxylation is 1. The molecule has 0 radical (unpaired) electrons. The number of pyridine rings is 1. The van der Waals surface area contributed by atoms with Crippen LogP contribution in [0.15, 0.2) is 48.7 Å². The number of nitrogens with zero attached hydrogens (tertiary/aromatic N) is 2. The van der Waals surface area contributed by atoms with Gasteiger partial charge in [-0.3, -0.25) is 9.89 Å². The van der Waals surface area contributed by atoms with Gasteiger partial charge < -0.3 is 15.2 Å². The van der Waals surface area contributed by atoms with Crippen molar-refractivity contribution in [3.8, 4) is 5.75 Å². The number of halogens is 1. The van der Waals surface area contributed by atoms with Gasteiger partial charge in [0.15, 0.2) is 11.6 Å². The number of H-pyrrole nitrogens is 1. The second kappa shape index (κ2) is 8.75. The average molecular weight is 424 g/mol. The fourth-order valence-electron chi connectivity index (χ4n) is 4.08. The van der Waals surface area contributed by atoms with Gasteiger partial charge in [0.2, 0.25) is 0 Å². The molecule has 8 heteroatoms. The molecular formula is C23H25FN4O3. The van der Waals surface area contributed by atoms with Crippen molar-refractivity contribution < 1.29 is 19.0 Å². The van der Waals surface area contributed by atoms with Gasteiger partial charge in [-0.15, -0.1) is 0 Å². The molecule has 0 saturated heterocycles. The number of aliphatic carboxylic acids is 1. The quantitative estimate of drug-likeness (QED) is 0.511. The van der Waals surface area contributed by atoms with Gasteiger partial charge >= 0.3 is 5.97 Å². The van der Waals surface area contributed by atoms with Crippen molar-refractivity contribution in [2.75, 3.05) is 5.32 Å². The SMILES string of the molecule is Cc1cccc(OC2CCC(Cc3cccc(Nc4ccn[nH]4)n3)(C(=O)O)CC2)c1F. The van der Waals surface area contributed by atoms with E-state index in [1.54, 1.807) is 37.4 Å². The lowest BCUT2D eigenvalue weighted by molar-refractivity contribution is -0.152. The maximum Gasteiger partial charge on any atom is 0.310 e. The summed E-state index contributed by atoms with van der Waals surface area (Å²) in [6, 6.07) is 12.4. The number of hydrogen-bond donors (Lipinski definition) is 3. The van der Waals surface area contributed by atoms with Crippen LogP contribution in [0.5, 0.6) is 5.75 Å². The van der Waals surface area contributed by atoms with E-state index >= 15 is 0 Å². The van der Waals surface area contributed by atoms with Crippen molar-refractivity contribution in [1.82, 2.24) is 15.2 Å². The first-order valence-corrected chi connectivity index (χ1v) is 10.3. The zero-order valence-electron chi connectivity index (χ0n) is 17.3. The van der Waals surface area contributed by atoms with Crippen LogP contribution in [0.4, 0.5) is 16.0 Å². The molecule has 1 fully saturated rings. The first-order chi connectivity index (χ1) is 14.9. The van der Waals surface area contributed by atoms with Gasteiger partial charge in [-0.1, -0.05) is 18.2 Å². The second-order valence-electron chi connectivity index (χ2n) is 8.08. The summed E-state index contributed by atoms with van der Waals surface area (Å²) in [7, 11) is 0. The number of carboxylic acids is 1. The first-order valence-electron chi connectivity index (χ1n) is 10.3. The van der Waals surface area contributed by atoms with E-state index in [1.807, 2.05) is 18.2 Å². The van der Waals surface area contributed by atoms with Crippen LogP contribution in [0.1, 0.15) is 36.9 Å². The van der Waals surface area contributed by atoms with E-state index in [1.165, 1.54) is 0 Å². The van der Waals surface area contributed by atoms with Crippen molar-refractivity contribution in [2.45, 2.75) is 45.1 Å². The third-order valence-corrected chi connectivity index (χ3v) is 5.88. The number of carbonyl (C=O) groups is 1. The molecule has 2 aromatic heterocycles. The summed E-state index contributed by atoms with van der Waals surface area (Å²) in [6.07, 6.45) is 3.74. The minimum Gasteiger partial charge on any atom is -0.487 e. The molecule has 1 aromatic carbocycles. The molecule has 0 bridgehead atoms. The Morgan fingerprint density at radius 1 is 1.26 bits per heavy atom. The number of nitrogens with one attached hydrogen (secondary N) is 2. The molecule has 0 aliphatic heterocycles. The van der Waals surface area contributed by atoms with Crippen LogP contribution in [-0.4, -0.2) is 32.4 Å². The van der Waals surface area contributed by atoms with Gasteiger partial charge in [0.25, 0.3) is 0 Å². The summed E-state index contributed by atoms with van der Waals surface area (Å²) in [5, 5.41) is 19.8. The van der Waals surface area contributed by atoms with Crippen molar-refractivity contribution in [2.24, 2.45) is 5.41 Å². The molecule has 2 heterocycles. The highest BCUT2D eigenvalue weighted by Crippen LogP contribution is 2.41. The Kier molecular flexibility index (Phi) is 5.88. The predicted molar refractivity (Wildman–Crippen MR) is 114 cm³/mol. The largest absolute Gasteiger partial charge is 0.487 e. The van der Waals surface area contributed by atoms with E-state index in [9.17, 15) is 14.3 Å². The Morgan fingerprint density at radius 2 is 2.03 bits per heavy atom. The Labute approximate surface area is 179 Å². The van der Waals surface area contributed by atoms with E-state index in [0.717, 1.165) is 0 Å². The van der Waals surface area contributed by atoms with E-state index in [2.05, 4.69) is 20.5 Å². The lowest BCUT2D eigenvalue weighted by Gasteiger charge is -2.36. The minimum absolute atomic E-state index is 0.204. The number of ether oxygens (including phenoxy) is 1. The van der Waals surface area contributed by atoms with Gasteiger partial charge in [-0.05, 0) is 56.4 Å². The van der Waals surface area contributed by atoms with Crippen LogP contribution in [0, 0.1) is 18.2 Å². The third-order valence-electron chi connectivity index (χ3n) is 5.88. The molecule has 4 rings (SSSR count). The molecule has 0 spiro atoms. The molecule has 3 N–H and O–H groups in total. The van der Waals surface area contributed by atoms with Crippen LogP contribution in [0.25, 0.3) is 0 Å². The summed E-state index contributed by atoms with van der Waals surface area (Å²) < 4.78 is 20.1. The molecule has 7 nitrogen and oxygen atoms in total. The maximum atomic E-state index is 14.3. The normalized spacial score (nSPS) is 20.9. The minimum atomic E-state index is -0.912. The third kappa shape index (κ3) is 4.68. The Balaban J connectivity index is 1.43. The second-order valence-corrected chi connectivity index (χ2v) is 8.08. The van der Waals surface area contributed by atoms with Gasteiger partial charge in [-0.2, -0.15) is 5.10 Å². The standard InChI is InChI=1S/C23H25FN4O3/c1-15-4-2-6-18(21(15)24)31-17-8-11-23(12-9-17,22(29)30)14-16-5-3-7-19(26-16)27-20-10-13-25-28-20/h2-7,10,13,17H,8-9,11-12,14H2,1H3,(H,29,30)(H2,25,26,27,28). The highest BCUT2D eigenvalue weighted by atomic mass is 19.1. The van der Waals surface area contributed by atoms with Gasteiger partial charge in [0, 0.05) is 18.2 Å². The molecular weight excluding hydrogens is 399 g/mol. The number of aromatic nitrogens is 3. The van der Waals surface area contributed by atoms with Crippen LogP contribution in [-0.2, 0) is 11.2 Å². The molecule has 31 heavy (non-hydrogen) atoms. The molecule has 1 aliphatic rings. The van der Waals surface area contributed by atoms with Crippen molar-refractivity contribution in [1.29, 1.82) is 0 Å². The number of rotatable bonds is 7. The van der Waals surface area contributed by atoms with Crippen molar-refractivity contribution >= 4 is 17.6 Å². The number of aromatic amines is 1. The topological polar surface area (TPSA) is 100 Å². The smallest absolute Gasteiger partial charge is 0.310 e. The van der Waals surface area contributed by atoms with Crippen molar-refractivity contribution in [3.63, 3.8) is 0 Å². The van der Waals surface area contributed by atoms with Gasteiger partial charge in [0.1, 0.15) is 11.6 Å². The van der Waals surface area contributed by atoms with E-state index in [4.69, 9.17) is 4.74 Å². The molecule has 0 atom stereocenters. The lowest BCUT2D eigenvalue weighted by Crippen LogP contribution is -2.40. The van der Waals surface area contributed by atoms with Crippen LogP contribution in [0.3, 0.4) is 0 Å². The summed E-state index contributed by atoms with van der Waals surface area (Å²) in [5.74, 6) is 0.365. The highest BCUT2D eigenvalue weighted by molar-refractivity contribution is 5.75. The number of benzene rings is 1. The monoisotopic (exact) mass is 424 g/mol. The lowest BCUT2D eigenvalue weighted by atomic mass is 9.70. The van der Waals surface area contributed by atoms with E-state index < -0.39 is 11.4 Å². The molecule has 1 aliphatic carbocycles. The summed E-state index contributed by atoms with van der Waals surface area (Å²) in [5.41, 5.74) is 0.323. The first kappa shape index (κ1) is 20.8. The fraction of sp³-hybridized carbons (Fsp3) is 0.348. The van der Waals surface area contributed by atoms with Crippen LogP contribution < -0.4 is 10.1 Å². The Hall–Kier alpha value is -3.42. The molecule has 162 valence electrons. The molecule has 3 aromatic rings. The number of carboxylic acid groups (broad SMARTS) is 1. The Morgan fingerprint density at radius 3 is 2.74 bits per heavy atom. The summed E-state index contributed by atoms with van der Waals surface area (Å²) >= 11 is 0. The van der Waals surface area contributed by atoms with Gasteiger partial charge in [0.05, 0.1) is 17.7 Å². The van der Waals surface area contributed by atoms with E-state index in [-0.39, 0.29) is 17.7 Å². The molecule has 1 saturated carbocycles. The van der Waals surface area contributed by atoms with Crippen LogP contribution in [0.2, 0.25) is 0 Å². The molecule has 0 unspecified atom stereocenters. The number of hydrogen-bond acceptors (Lipinski definition) is 5. The van der Waals surface area contributed by atoms with Crippen LogP contribution >= 0.6 is 0 Å². The van der Waals surface area contributed by atoms with Crippen molar-refractivity contribution in [3.05, 3.63) is 65.7 Å². The highest BCUT2D eigenvalue weighted by Gasteiger charge is 2.43. The summed E-state index contributed by atoms with van der Waals surface area (Å²) in [4.78, 5) is 16.8. The van der Waals surface area contributed by atoms with E-state index in [0.29, 0.717) is 55.0 Å². The predicted octanol–water partition coefficient (Wildman–Crippen LogP) is 4.63. The Bertz CT molecular complexity index is 1050. The molecule has 0 amide bonds. The summed E-state index contributed by atoms with van der Waals surface area (Å²) in [6.45, 7) is 1.70. The maximum absolute atomic E-state index is 14.3. The zero-order chi connectivity index (χ0) is 21.8. The zero-order valence-corrected chi connectivity index (χ0v) is 17.3. The number of anilines is 2. The van der Waals surface area contributed by atoms with Gasteiger partial charge in [-0.25, -0.2) is 9.37 Å².